The highest BCUT2D eigenvalue weighted by Crippen LogP contribution is 2.23. The fourth-order valence-corrected chi connectivity index (χ4v) is 4.08. The molecule has 0 spiro atoms. The van der Waals surface area contributed by atoms with Crippen LogP contribution in [-0.4, -0.2) is 34.7 Å². The number of aryl methyl sites for hydroxylation is 1. The summed E-state index contributed by atoms with van der Waals surface area (Å²) in [6.07, 6.45) is 3.76. The lowest BCUT2D eigenvalue weighted by atomic mass is 9.93. The summed E-state index contributed by atoms with van der Waals surface area (Å²) in [5.74, 6) is 1.71. The molecule has 0 aliphatic carbocycles. The van der Waals surface area contributed by atoms with E-state index in [0.717, 1.165) is 41.6 Å². The van der Waals surface area contributed by atoms with E-state index in [0.29, 0.717) is 0 Å². The van der Waals surface area contributed by atoms with Crippen molar-refractivity contribution in [2.24, 2.45) is 5.92 Å². The average Bonchev–Trinajstić information content (AvgIpc) is 2.77. The lowest BCUT2D eigenvalue weighted by Crippen LogP contribution is -2.33. The number of hydrogen-bond acceptors (Lipinski definition) is 4. The molecule has 3 aromatic rings. The van der Waals surface area contributed by atoms with Gasteiger partial charge in [0.2, 0.25) is 0 Å². The van der Waals surface area contributed by atoms with Gasteiger partial charge in [0.05, 0.1) is 5.69 Å². The highest BCUT2D eigenvalue weighted by Gasteiger charge is 2.19. The van der Waals surface area contributed by atoms with Crippen molar-refractivity contribution in [2.75, 3.05) is 25.0 Å². The van der Waals surface area contributed by atoms with E-state index in [4.69, 9.17) is 0 Å². The number of piperidine rings is 1. The van der Waals surface area contributed by atoms with Gasteiger partial charge >= 0.3 is 0 Å². The Bertz CT molecular complexity index is 887. The van der Waals surface area contributed by atoms with Crippen molar-refractivity contribution in [3.8, 4) is 11.3 Å². The molecule has 1 aromatic heterocycles. The molecule has 4 rings (SSSR count). The van der Waals surface area contributed by atoms with Gasteiger partial charge in [-0.25, -0.2) is 0 Å². The molecule has 0 unspecified atom stereocenters. The minimum absolute atomic E-state index is 0.798. The summed E-state index contributed by atoms with van der Waals surface area (Å²) in [7, 11) is 0. The molecule has 0 amide bonds. The number of likely N-dealkylation sites (tertiary alicyclic amines) is 1. The van der Waals surface area contributed by atoms with E-state index in [9.17, 15) is 0 Å². The molecular formula is C25H30N4. The first-order valence-corrected chi connectivity index (χ1v) is 10.7. The number of hydrogen-bond donors (Lipinski definition) is 1. The summed E-state index contributed by atoms with van der Waals surface area (Å²) in [6.45, 7) is 6.54. The second-order valence-electron chi connectivity index (χ2n) is 8.05. The van der Waals surface area contributed by atoms with Crippen LogP contribution >= 0.6 is 0 Å². The van der Waals surface area contributed by atoms with Gasteiger partial charge in [0.15, 0.2) is 5.82 Å². The van der Waals surface area contributed by atoms with E-state index in [2.05, 4.69) is 75.9 Å². The van der Waals surface area contributed by atoms with Gasteiger partial charge < -0.3 is 5.32 Å². The number of nitrogens with one attached hydrogen (secondary N) is 1. The van der Waals surface area contributed by atoms with Crippen molar-refractivity contribution < 1.29 is 0 Å². The molecule has 2 aromatic carbocycles. The van der Waals surface area contributed by atoms with Gasteiger partial charge in [-0.3, -0.25) is 4.90 Å². The monoisotopic (exact) mass is 386 g/mol. The van der Waals surface area contributed by atoms with Crippen LogP contribution in [0, 0.1) is 12.8 Å². The second kappa shape index (κ2) is 9.66. The van der Waals surface area contributed by atoms with Crippen molar-refractivity contribution in [1.29, 1.82) is 0 Å². The molecule has 4 nitrogen and oxygen atoms in total. The van der Waals surface area contributed by atoms with E-state index in [1.807, 2.05) is 18.2 Å². The molecule has 0 saturated carbocycles. The summed E-state index contributed by atoms with van der Waals surface area (Å²) < 4.78 is 0. The van der Waals surface area contributed by atoms with Gasteiger partial charge in [0.25, 0.3) is 0 Å². The Morgan fingerprint density at radius 2 is 1.62 bits per heavy atom. The SMILES string of the molecule is Cc1cc(-c2ccccc2)nnc1NCCC1CCN(Cc2ccccc2)CC1. The van der Waals surface area contributed by atoms with Crippen LogP contribution in [0.4, 0.5) is 5.82 Å². The summed E-state index contributed by atoms with van der Waals surface area (Å²) in [5.41, 5.74) is 4.61. The highest BCUT2D eigenvalue weighted by molar-refractivity contribution is 5.61. The van der Waals surface area contributed by atoms with Crippen molar-refractivity contribution in [3.63, 3.8) is 0 Å². The fourth-order valence-electron chi connectivity index (χ4n) is 4.08. The minimum atomic E-state index is 0.798. The smallest absolute Gasteiger partial charge is 0.151 e. The summed E-state index contributed by atoms with van der Waals surface area (Å²) in [6, 6.07) is 23.1. The van der Waals surface area contributed by atoms with Crippen LogP contribution in [-0.2, 0) is 6.54 Å². The zero-order chi connectivity index (χ0) is 19.9. The standard InChI is InChI=1S/C25H30N4/c1-20-18-24(23-10-6-3-7-11-23)27-28-25(20)26-15-12-21-13-16-29(17-14-21)19-22-8-4-2-5-9-22/h2-11,18,21H,12-17,19H2,1H3,(H,26,28). The summed E-state index contributed by atoms with van der Waals surface area (Å²) in [4.78, 5) is 2.58. The molecule has 4 heteroatoms. The van der Waals surface area contributed by atoms with Crippen LogP contribution in [0.5, 0.6) is 0 Å². The van der Waals surface area contributed by atoms with E-state index >= 15 is 0 Å². The molecule has 0 radical (unpaired) electrons. The van der Waals surface area contributed by atoms with Crippen molar-refractivity contribution >= 4 is 5.82 Å². The molecule has 1 fully saturated rings. The third kappa shape index (κ3) is 5.42. The van der Waals surface area contributed by atoms with Crippen LogP contribution in [0.3, 0.4) is 0 Å². The molecule has 1 saturated heterocycles. The topological polar surface area (TPSA) is 41.1 Å². The molecular weight excluding hydrogens is 356 g/mol. The van der Waals surface area contributed by atoms with Gasteiger partial charge in [0, 0.05) is 18.7 Å². The predicted molar refractivity (Wildman–Crippen MR) is 120 cm³/mol. The van der Waals surface area contributed by atoms with Crippen molar-refractivity contribution in [2.45, 2.75) is 32.7 Å². The first-order chi connectivity index (χ1) is 14.3. The first kappa shape index (κ1) is 19.6. The van der Waals surface area contributed by atoms with E-state index in [1.54, 1.807) is 0 Å². The Morgan fingerprint density at radius 1 is 0.931 bits per heavy atom. The van der Waals surface area contributed by atoms with E-state index in [1.165, 1.54) is 37.9 Å². The van der Waals surface area contributed by atoms with Crippen LogP contribution in [0.25, 0.3) is 11.3 Å². The number of rotatable bonds is 7. The maximum atomic E-state index is 4.43. The van der Waals surface area contributed by atoms with Crippen LogP contribution in [0.2, 0.25) is 0 Å². The third-order valence-electron chi connectivity index (χ3n) is 5.86. The molecule has 29 heavy (non-hydrogen) atoms. The van der Waals surface area contributed by atoms with E-state index < -0.39 is 0 Å². The van der Waals surface area contributed by atoms with Gasteiger partial charge in [-0.1, -0.05) is 60.7 Å². The highest BCUT2D eigenvalue weighted by atomic mass is 15.2. The van der Waals surface area contributed by atoms with E-state index in [-0.39, 0.29) is 0 Å². The zero-order valence-corrected chi connectivity index (χ0v) is 17.2. The first-order valence-electron chi connectivity index (χ1n) is 10.7. The van der Waals surface area contributed by atoms with Crippen molar-refractivity contribution in [3.05, 3.63) is 77.9 Å². The zero-order valence-electron chi connectivity index (χ0n) is 17.2. The van der Waals surface area contributed by atoms with Crippen LogP contribution in [0.15, 0.2) is 66.7 Å². The molecule has 0 atom stereocenters. The Labute approximate surface area is 174 Å². The summed E-state index contributed by atoms with van der Waals surface area (Å²) >= 11 is 0. The molecule has 1 N–H and O–H groups in total. The van der Waals surface area contributed by atoms with Gasteiger partial charge in [-0.15, -0.1) is 10.2 Å². The van der Waals surface area contributed by atoms with Gasteiger partial charge in [-0.05, 0) is 62.4 Å². The second-order valence-corrected chi connectivity index (χ2v) is 8.05. The van der Waals surface area contributed by atoms with Crippen LogP contribution in [0.1, 0.15) is 30.4 Å². The normalized spacial score (nSPS) is 15.3. The molecule has 2 heterocycles. The Balaban J connectivity index is 1.22. The Morgan fingerprint density at radius 3 is 2.31 bits per heavy atom. The molecule has 150 valence electrons. The number of aromatic nitrogens is 2. The molecule has 1 aliphatic heterocycles. The maximum Gasteiger partial charge on any atom is 0.151 e. The van der Waals surface area contributed by atoms with Crippen molar-refractivity contribution in [1.82, 2.24) is 15.1 Å². The fraction of sp³-hybridized carbons (Fsp3) is 0.360. The lowest BCUT2D eigenvalue weighted by molar-refractivity contribution is 0.174. The minimum Gasteiger partial charge on any atom is -0.368 e. The third-order valence-corrected chi connectivity index (χ3v) is 5.86. The molecule has 1 aliphatic rings. The lowest BCUT2D eigenvalue weighted by Gasteiger charge is -2.32. The predicted octanol–water partition coefficient (Wildman–Crippen LogP) is 5.17. The average molecular weight is 387 g/mol. The van der Waals surface area contributed by atoms with Gasteiger partial charge in [0.1, 0.15) is 0 Å². The largest absolute Gasteiger partial charge is 0.368 e. The Kier molecular flexibility index (Phi) is 6.52. The van der Waals surface area contributed by atoms with Gasteiger partial charge in [-0.2, -0.15) is 0 Å². The maximum absolute atomic E-state index is 4.43. The number of benzene rings is 2. The van der Waals surface area contributed by atoms with Crippen LogP contribution < -0.4 is 5.32 Å². The summed E-state index contributed by atoms with van der Waals surface area (Å²) in [5, 5.41) is 12.3. The Hall–Kier alpha value is -2.72. The quantitative estimate of drug-likeness (QED) is 0.608. The number of nitrogens with zero attached hydrogens (tertiary/aromatic N) is 3. The molecule has 0 bridgehead atoms. The number of anilines is 1.